The first-order chi connectivity index (χ1) is 10.6. The Bertz CT molecular complexity index is 409. The minimum atomic E-state index is -5.45. The molecule has 0 rings (SSSR count). The first-order valence-corrected chi connectivity index (χ1v) is 7.23. The summed E-state index contributed by atoms with van der Waals surface area (Å²) in [5.74, 6) is -5.48. The lowest BCUT2D eigenvalue weighted by atomic mass is 10.4. The molecule has 0 bridgehead atoms. The molecule has 0 aromatic rings. The number of aliphatic hydroxyl groups is 6. The van der Waals surface area contributed by atoms with E-state index in [1.807, 2.05) is 0 Å². The molecule has 0 aliphatic heterocycles. The molecule has 0 aliphatic rings. The highest BCUT2D eigenvalue weighted by Crippen LogP contribution is 2.50. The predicted octanol–water partition coefficient (Wildman–Crippen LogP) is -4.22. The number of rotatable bonds is 9. The van der Waals surface area contributed by atoms with Crippen LogP contribution in [0, 0.1) is 0 Å². The van der Waals surface area contributed by atoms with Gasteiger partial charge in [-0.1, -0.05) is 0 Å². The van der Waals surface area contributed by atoms with Gasteiger partial charge in [0.25, 0.3) is 0 Å². The summed E-state index contributed by atoms with van der Waals surface area (Å²) in [6.07, 6.45) is -6.69. The van der Waals surface area contributed by atoms with Crippen molar-refractivity contribution >= 4 is 25.7 Å². The second kappa shape index (κ2) is 9.52. The summed E-state index contributed by atoms with van der Waals surface area (Å²) in [7, 11) is -5.45. The SMILES string of the molecule is O=C(OP(=O)(OC(=O)C(O)CO)OC(=O)C(O)CO)C(O)CO. The Kier molecular flexibility index (Phi) is 8.86. The van der Waals surface area contributed by atoms with E-state index < -0.39 is 63.9 Å². The molecule has 0 radical (unpaired) electrons. The standard InChI is InChI=1S/C9H15O13P/c10-1-4(13)7(16)20-23(19,21-8(17)5(14)2-11)22-9(18)6(15)3-12/h4-6,10-15H,1-3H2. The Balaban J connectivity index is 5.26. The van der Waals surface area contributed by atoms with Gasteiger partial charge in [0.05, 0.1) is 19.8 Å². The van der Waals surface area contributed by atoms with Gasteiger partial charge in [0.2, 0.25) is 0 Å². The highest BCUT2D eigenvalue weighted by atomic mass is 31.2. The second-order valence-electron chi connectivity index (χ2n) is 3.77. The Morgan fingerprint density at radius 1 is 0.696 bits per heavy atom. The fourth-order valence-corrected chi connectivity index (χ4v) is 1.93. The van der Waals surface area contributed by atoms with Crippen molar-refractivity contribution in [3.05, 3.63) is 0 Å². The average Bonchev–Trinajstić information content (AvgIpc) is 2.51. The monoisotopic (exact) mass is 362 g/mol. The van der Waals surface area contributed by atoms with Gasteiger partial charge in [-0.3, -0.25) is 0 Å². The molecule has 14 heteroatoms. The van der Waals surface area contributed by atoms with E-state index in [9.17, 15) is 18.9 Å². The summed E-state index contributed by atoms with van der Waals surface area (Å²) in [6, 6.07) is 0. The minimum absolute atomic E-state index is 1.18. The van der Waals surface area contributed by atoms with Gasteiger partial charge in [0.1, 0.15) is 0 Å². The van der Waals surface area contributed by atoms with E-state index in [1.165, 1.54) is 0 Å². The molecule has 0 aromatic heterocycles. The Labute approximate surface area is 128 Å². The maximum absolute atomic E-state index is 12.0. The van der Waals surface area contributed by atoms with Gasteiger partial charge in [0, 0.05) is 0 Å². The molecule has 0 aliphatic carbocycles. The third-order valence-electron chi connectivity index (χ3n) is 1.94. The summed E-state index contributed by atoms with van der Waals surface area (Å²) in [5.41, 5.74) is 0. The van der Waals surface area contributed by atoms with Gasteiger partial charge in [-0.15, -0.1) is 0 Å². The Morgan fingerprint density at radius 3 is 1.09 bits per heavy atom. The summed E-state index contributed by atoms with van der Waals surface area (Å²) >= 11 is 0. The van der Waals surface area contributed by atoms with Crippen molar-refractivity contribution in [1.29, 1.82) is 0 Å². The topological polar surface area (TPSA) is 217 Å². The van der Waals surface area contributed by atoms with Gasteiger partial charge >= 0.3 is 25.7 Å². The molecule has 6 N–H and O–H groups in total. The van der Waals surface area contributed by atoms with E-state index >= 15 is 0 Å². The van der Waals surface area contributed by atoms with E-state index in [4.69, 9.17) is 30.6 Å². The Hall–Kier alpha value is -1.60. The highest BCUT2D eigenvalue weighted by Gasteiger charge is 2.43. The maximum atomic E-state index is 12.0. The van der Waals surface area contributed by atoms with E-state index in [1.54, 1.807) is 0 Å². The number of carbonyl (C=O) groups is 3. The smallest absolute Gasteiger partial charge is 0.393 e. The predicted molar refractivity (Wildman–Crippen MR) is 65.2 cm³/mol. The lowest BCUT2D eigenvalue weighted by molar-refractivity contribution is -0.157. The van der Waals surface area contributed by atoms with Gasteiger partial charge in [0.15, 0.2) is 18.3 Å². The van der Waals surface area contributed by atoms with Crippen LogP contribution in [0.3, 0.4) is 0 Å². The molecule has 23 heavy (non-hydrogen) atoms. The number of phosphoric ester groups is 1. The molecule has 0 aromatic carbocycles. The number of hydrogen-bond acceptors (Lipinski definition) is 13. The fraction of sp³-hybridized carbons (Fsp3) is 0.667. The van der Waals surface area contributed by atoms with Crippen LogP contribution in [-0.2, 0) is 32.5 Å². The number of carbonyl (C=O) groups excluding carboxylic acids is 3. The first-order valence-electron chi connectivity index (χ1n) is 5.77. The molecule has 3 unspecified atom stereocenters. The number of phosphoric acid groups is 1. The molecule has 0 saturated carbocycles. The van der Waals surface area contributed by atoms with Crippen molar-refractivity contribution in [3.8, 4) is 0 Å². The van der Waals surface area contributed by atoms with Gasteiger partial charge in [-0.05, 0) is 0 Å². The van der Waals surface area contributed by atoms with Gasteiger partial charge < -0.3 is 44.2 Å². The average molecular weight is 362 g/mol. The van der Waals surface area contributed by atoms with E-state index in [0.29, 0.717) is 0 Å². The molecule has 13 nitrogen and oxygen atoms in total. The van der Waals surface area contributed by atoms with E-state index in [0.717, 1.165) is 0 Å². The number of aliphatic hydroxyl groups excluding tert-OH is 6. The summed E-state index contributed by atoms with van der Waals surface area (Å²) < 4.78 is 23.9. The largest absolute Gasteiger partial charge is 0.654 e. The van der Waals surface area contributed by atoms with Gasteiger partial charge in [-0.2, -0.15) is 4.57 Å². The van der Waals surface area contributed by atoms with Crippen LogP contribution < -0.4 is 0 Å². The lowest BCUT2D eigenvalue weighted by Gasteiger charge is -2.19. The van der Waals surface area contributed by atoms with Crippen LogP contribution in [0.1, 0.15) is 0 Å². The second-order valence-corrected chi connectivity index (χ2v) is 5.22. The third-order valence-corrected chi connectivity index (χ3v) is 3.15. The summed E-state index contributed by atoms with van der Waals surface area (Å²) in [6.45, 7) is -3.54. The summed E-state index contributed by atoms with van der Waals surface area (Å²) in [4.78, 5) is 33.7. The van der Waals surface area contributed by atoms with Crippen LogP contribution in [0.25, 0.3) is 0 Å². The molecule has 0 spiro atoms. The van der Waals surface area contributed by atoms with Crippen LogP contribution in [0.2, 0.25) is 0 Å². The van der Waals surface area contributed by atoms with Crippen molar-refractivity contribution in [1.82, 2.24) is 0 Å². The maximum Gasteiger partial charge on any atom is 0.654 e. The number of hydrogen-bond donors (Lipinski definition) is 6. The van der Waals surface area contributed by atoms with Crippen molar-refractivity contribution in [3.63, 3.8) is 0 Å². The molecule has 0 saturated heterocycles. The summed E-state index contributed by atoms with van der Waals surface area (Å²) in [5, 5.41) is 52.4. The molecule has 0 fully saturated rings. The molecular formula is C9H15O13P. The first kappa shape index (κ1) is 21.4. The highest BCUT2D eigenvalue weighted by molar-refractivity contribution is 7.50. The third kappa shape index (κ3) is 7.00. The minimum Gasteiger partial charge on any atom is -0.393 e. The van der Waals surface area contributed by atoms with Gasteiger partial charge in [-0.25, -0.2) is 14.4 Å². The quantitative estimate of drug-likeness (QED) is 0.214. The van der Waals surface area contributed by atoms with Crippen LogP contribution in [-0.4, -0.2) is 86.7 Å². The normalized spacial score (nSPS) is 17.3. The van der Waals surface area contributed by atoms with Crippen molar-refractivity contribution < 1.29 is 63.2 Å². The molecule has 0 heterocycles. The molecular weight excluding hydrogens is 347 g/mol. The van der Waals surface area contributed by atoms with Crippen LogP contribution >= 0.6 is 7.82 Å². The zero-order valence-electron chi connectivity index (χ0n) is 11.3. The lowest BCUT2D eigenvalue weighted by Crippen LogP contribution is -2.32. The van der Waals surface area contributed by atoms with Crippen molar-refractivity contribution in [2.24, 2.45) is 0 Å². The zero-order valence-corrected chi connectivity index (χ0v) is 12.2. The molecule has 3 atom stereocenters. The van der Waals surface area contributed by atoms with Crippen LogP contribution in [0.5, 0.6) is 0 Å². The van der Waals surface area contributed by atoms with E-state index in [-0.39, 0.29) is 0 Å². The fourth-order valence-electron chi connectivity index (χ4n) is 0.793. The molecule has 0 amide bonds. The van der Waals surface area contributed by atoms with Crippen molar-refractivity contribution in [2.45, 2.75) is 18.3 Å². The van der Waals surface area contributed by atoms with Crippen molar-refractivity contribution in [2.75, 3.05) is 19.8 Å². The van der Waals surface area contributed by atoms with E-state index in [2.05, 4.69) is 13.6 Å². The molecule has 134 valence electrons. The zero-order chi connectivity index (χ0) is 18.2. The van der Waals surface area contributed by atoms with Crippen LogP contribution in [0.4, 0.5) is 0 Å². The van der Waals surface area contributed by atoms with Crippen LogP contribution in [0.15, 0.2) is 0 Å². The Morgan fingerprint density at radius 2 is 0.913 bits per heavy atom.